The van der Waals surface area contributed by atoms with E-state index in [4.69, 9.17) is 4.74 Å². The van der Waals surface area contributed by atoms with Crippen molar-refractivity contribution in [3.8, 4) is 5.75 Å². The van der Waals surface area contributed by atoms with E-state index in [2.05, 4.69) is 5.43 Å². The van der Waals surface area contributed by atoms with E-state index in [-0.39, 0.29) is 18.4 Å². The maximum atomic E-state index is 12.4. The van der Waals surface area contributed by atoms with Crippen LogP contribution in [0.1, 0.15) is 31.2 Å². The van der Waals surface area contributed by atoms with E-state index in [9.17, 15) is 9.59 Å². The summed E-state index contributed by atoms with van der Waals surface area (Å²) in [6.45, 7) is 1.66. The van der Waals surface area contributed by atoms with Crippen molar-refractivity contribution >= 4 is 17.5 Å². The maximum absolute atomic E-state index is 12.4. The lowest BCUT2D eigenvalue weighted by atomic mass is 10.1. The SMILES string of the molecule is COc1ccc(C2=CCC(=O)N(CC(=O)N3CCCCC3)N2)cc1. The second-order valence-electron chi connectivity index (χ2n) is 6.08. The first-order valence-electron chi connectivity index (χ1n) is 8.37. The Labute approximate surface area is 142 Å². The second kappa shape index (κ2) is 7.38. The molecular weight excluding hydrogens is 306 g/mol. The normalized spacial score (nSPS) is 18.0. The highest BCUT2D eigenvalue weighted by Gasteiger charge is 2.25. The fraction of sp³-hybridized carbons (Fsp3) is 0.444. The Balaban J connectivity index is 1.65. The molecule has 1 fully saturated rings. The summed E-state index contributed by atoms with van der Waals surface area (Å²) in [4.78, 5) is 26.4. The number of hydrogen-bond acceptors (Lipinski definition) is 4. The van der Waals surface area contributed by atoms with Gasteiger partial charge in [0.1, 0.15) is 12.3 Å². The molecule has 1 aromatic rings. The summed E-state index contributed by atoms with van der Waals surface area (Å²) in [6.07, 6.45) is 5.41. The van der Waals surface area contributed by atoms with Crippen LogP contribution in [0.2, 0.25) is 0 Å². The molecule has 2 aliphatic rings. The summed E-state index contributed by atoms with van der Waals surface area (Å²) >= 11 is 0. The van der Waals surface area contributed by atoms with Gasteiger partial charge in [-0.3, -0.25) is 15.0 Å². The Morgan fingerprint density at radius 3 is 2.54 bits per heavy atom. The molecule has 0 radical (unpaired) electrons. The van der Waals surface area contributed by atoms with Crippen LogP contribution in [-0.4, -0.2) is 48.5 Å². The van der Waals surface area contributed by atoms with Crippen molar-refractivity contribution in [2.24, 2.45) is 0 Å². The zero-order valence-corrected chi connectivity index (χ0v) is 14.0. The number of rotatable bonds is 4. The predicted molar refractivity (Wildman–Crippen MR) is 90.9 cm³/mol. The summed E-state index contributed by atoms with van der Waals surface area (Å²) in [5.74, 6) is 0.701. The highest BCUT2D eigenvalue weighted by atomic mass is 16.5. The molecule has 2 heterocycles. The first kappa shape index (κ1) is 16.4. The van der Waals surface area contributed by atoms with Gasteiger partial charge in [-0.15, -0.1) is 0 Å². The minimum atomic E-state index is -0.0855. The lowest BCUT2D eigenvalue weighted by molar-refractivity contribution is -0.142. The van der Waals surface area contributed by atoms with E-state index in [1.165, 1.54) is 11.4 Å². The molecule has 0 unspecified atom stereocenters. The van der Waals surface area contributed by atoms with Crippen LogP contribution in [0.15, 0.2) is 30.3 Å². The molecule has 6 heteroatoms. The van der Waals surface area contributed by atoms with Gasteiger partial charge < -0.3 is 9.64 Å². The molecule has 0 spiro atoms. The number of amides is 2. The number of piperidine rings is 1. The van der Waals surface area contributed by atoms with Crippen molar-refractivity contribution in [2.45, 2.75) is 25.7 Å². The number of nitrogens with zero attached hydrogens (tertiary/aromatic N) is 2. The van der Waals surface area contributed by atoms with Crippen LogP contribution in [-0.2, 0) is 9.59 Å². The predicted octanol–water partition coefficient (Wildman–Crippen LogP) is 1.79. The zero-order chi connectivity index (χ0) is 16.9. The lowest BCUT2D eigenvalue weighted by Gasteiger charge is -2.32. The number of ether oxygens (including phenoxy) is 1. The average molecular weight is 329 g/mol. The minimum absolute atomic E-state index is 0.00605. The third kappa shape index (κ3) is 3.69. The van der Waals surface area contributed by atoms with Gasteiger partial charge in [0.2, 0.25) is 11.8 Å². The summed E-state index contributed by atoms with van der Waals surface area (Å²) < 4.78 is 5.16. The molecule has 2 aliphatic heterocycles. The van der Waals surface area contributed by atoms with Crippen molar-refractivity contribution in [3.63, 3.8) is 0 Å². The van der Waals surface area contributed by atoms with Gasteiger partial charge in [-0.1, -0.05) is 0 Å². The molecule has 0 aliphatic carbocycles. The van der Waals surface area contributed by atoms with Gasteiger partial charge in [-0.2, -0.15) is 0 Å². The summed E-state index contributed by atoms with van der Waals surface area (Å²) in [5.41, 5.74) is 4.88. The summed E-state index contributed by atoms with van der Waals surface area (Å²) in [7, 11) is 1.62. The molecule has 24 heavy (non-hydrogen) atoms. The van der Waals surface area contributed by atoms with E-state index in [0.717, 1.165) is 42.9 Å². The van der Waals surface area contributed by atoms with Crippen LogP contribution in [0, 0.1) is 0 Å². The smallest absolute Gasteiger partial charge is 0.245 e. The highest BCUT2D eigenvalue weighted by Crippen LogP contribution is 2.20. The van der Waals surface area contributed by atoms with Crippen LogP contribution < -0.4 is 10.2 Å². The molecule has 128 valence electrons. The van der Waals surface area contributed by atoms with Crippen molar-refractivity contribution in [3.05, 3.63) is 35.9 Å². The Morgan fingerprint density at radius 2 is 1.88 bits per heavy atom. The van der Waals surface area contributed by atoms with Gasteiger partial charge in [-0.25, -0.2) is 5.01 Å². The number of carbonyl (C=O) groups excluding carboxylic acids is 2. The van der Waals surface area contributed by atoms with Crippen LogP contribution in [0.25, 0.3) is 5.70 Å². The molecule has 0 atom stereocenters. The Kier molecular flexibility index (Phi) is 5.03. The van der Waals surface area contributed by atoms with E-state index in [0.29, 0.717) is 6.42 Å². The molecule has 0 saturated carbocycles. The zero-order valence-electron chi connectivity index (χ0n) is 14.0. The fourth-order valence-electron chi connectivity index (χ4n) is 3.01. The third-order valence-corrected chi connectivity index (χ3v) is 4.44. The van der Waals surface area contributed by atoms with E-state index in [1.807, 2.05) is 35.2 Å². The molecule has 1 N–H and O–H groups in total. The number of carbonyl (C=O) groups is 2. The third-order valence-electron chi connectivity index (χ3n) is 4.44. The average Bonchev–Trinajstić information content (AvgIpc) is 2.64. The Hall–Kier alpha value is -2.50. The van der Waals surface area contributed by atoms with Gasteiger partial charge in [0.15, 0.2) is 0 Å². The van der Waals surface area contributed by atoms with Gasteiger partial charge in [-0.05, 0) is 55.2 Å². The molecule has 1 saturated heterocycles. The van der Waals surface area contributed by atoms with Crippen LogP contribution in [0.4, 0.5) is 0 Å². The minimum Gasteiger partial charge on any atom is -0.497 e. The highest BCUT2D eigenvalue weighted by molar-refractivity contribution is 5.88. The van der Waals surface area contributed by atoms with E-state index >= 15 is 0 Å². The first-order chi connectivity index (χ1) is 11.7. The number of methoxy groups -OCH3 is 1. The molecule has 0 bridgehead atoms. The number of benzene rings is 1. The van der Waals surface area contributed by atoms with Crippen LogP contribution >= 0.6 is 0 Å². The van der Waals surface area contributed by atoms with E-state index in [1.54, 1.807) is 7.11 Å². The largest absolute Gasteiger partial charge is 0.497 e. The number of hydrogen-bond donors (Lipinski definition) is 1. The van der Waals surface area contributed by atoms with Crippen molar-refractivity contribution in [1.29, 1.82) is 0 Å². The topological polar surface area (TPSA) is 61.9 Å². The Bertz CT molecular complexity index is 633. The second-order valence-corrected chi connectivity index (χ2v) is 6.08. The quantitative estimate of drug-likeness (QED) is 0.915. The van der Waals surface area contributed by atoms with Crippen LogP contribution in [0.5, 0.6) is 5.75 Å². The molecular formula is C18H23N3O3. The summed E-state index contributed by atoms with van der Waals surface area (Å²) in [5, 5.41) is 1.43. The van der Waals surface area contributed by atoms with Crippen molar-refractivity contribution < 1.29 is 14.3 Å². The molecule has 2 amide bonds. The first-order valence-corrected chi connectivity index (χ1v) is 8.37. The van der Waals surface area contributed by atoms with Gasteiger partial charge in [0.05, 0.1) is 12.8 Å². The van der Waals surface area contributed by atoms with Gasteiger partial charge in [0, 0.05) is 19.5 Å². The number of hydrazine groups is 1. The molecule has 1 aromatic carbocycles. The van der Waals surface area contributed by atoms with Crippen molar-refractivity contribution in [1.82, 2.24) is 15.3 Å². The van der Waals surface area contributed by atoms with Gasteiger partial charge in [0.25, 0.3) is 0 Å². The van der Waals surface area contributed by atoms with Crippen molar-refractivity contribution in [2.75, 3.05) is 26.7 Å². The lowest BCUT2D eigenvalue weighted by Crippen LogP contribution is -2.50. The number of likely N-dealkylation sites (tertiary alicyclic amines) is 1. The maximum Gasteiger partial charge on any atom is 0.245 e. The molecule has 6 nitrogen and oxygen atoms in total. The standard InChI is InChI=1S/C18H23N3O3/c1-24-15-7-5-14(6-8-15)16-9-10-17(22)21(19-16)13-18(23)20-11-3-2-4-12-20/h5-9,19H,2-4,10-13H2,1H3. The molecule has 3 rings (SSSR count). The van der Waals surface area contributed by atoms with Gasteiger partial charge >= 0.3 is 0 Å². The van der Waals surface area contributed by atoms with Crippen LogP contribution in [0.3, 0.4) is 0 Å². The fourth-order valence-corrected chi connectivity index (χ4v) is 3.01. The summed E-state index contributed by atoms with van der Waals surface area (Å²) in [6, 6.07) is 7.60. The van der Waals surface area contributed by atoms with E-state index < -0.39 is 0 Å². The monoisotopic (exact) mass is 329 g/mol. The Morgan fingerprint density at radius 1 is 1.17 bits per heavy atom. The molecule has 0 aromatic heterocycles. The number of nitrogens with one attached hydrogen (secondary N) is 1.